The molecule has 1 unspecified atom stereocenters. The highest BCUT2D eigenvalue weighted by atomic mass is 79.9. The number of halogens is 1. The maximum absolute atomic E-state index is 10.2. The van der Waals surface area contributed by atoms with Gasteiger partial charge in [-0.2, -0.15) is 5.26 Å². The standard InChI is InChI=1S/C13H18BrN3O/c1-3-17(4-2)8-12(18)9-5-10(7-15)13(16)11(14)6-9/h5-6,12,18H,3-4,8,16H2,1-2H3. The molecular formula is C13H18BrN3O. The van der Waals surface area contributed by atoms with Crippen molar-refractivity contribution in [3.63, 3.8) is 0 Å². The molecule has 0 aliphatic carbocycles. The third kappa shape index (κ3) is 3.45. The van der Waals surface area contributed by atoms with E-state index in [1.54, 1.807) is 12.1 Å². The van der Waals surface area contributed by atoms with Crippen LogP contribution >= 0.6 is 15.9 Å². The number of hydrogen-bond acceptors (Lipinski definition) is 4. The van der Waals surface area contributed by atoms with Crippen molar-refractivity contribution in [3.8, 4) is 6.07 Å². The summed E-state index contributed by atoms with van der Waals surface area (Å²) in [7, 11) is 0. The van der Waals surface area contributed by atoms with Crippen molar-refractivity contribution in [1.82, 2.24) is 4.90 Å². The summed E-state index contributed by atoms with van der Waals surface area (Å²) in [5.74, 6) is 0. The summed E-state index contributed by atoms with van der Waals surface area (Å²) in [6, 6.07) is 5.45. The van der Waals surface area contributed by atoms with Crippen molar-refractivity contribution in [2.75, 3.05) is 25.4 Å². The van der Waals surface area contributed by atoms with E-state index in [0.717, 1.165) is 13.1 Å². The summed E-state index contributed by atoms with van der Waals surface area (Å²) >= 11 is 3.31. The van der Waals surface area contributed by atoms with Crippen LogP contribution in [0.25, 0.3) is 0 Å². The molecule has 1 aromatic carbocycles. The number of aliphatic hydroxyl groups excluding tert-OH is 1. The number of rotatable bonds is 5. The first-order chi connectivity index (χ1) is 8.53. The van der Waals surface area contributed by atoms with Crippen molar-refractivity contribution >= 4 is 21.6 Å². The maximum atomic E-state index is 10.2. The number of anilines is 1. The molecule has 1 rings (SSSR count). The molecule has 0 bridgehead atoms. The van der Waals surface area contributed by atoms with Gasteiger partial charge in [0, 0.05) is 11.0 Å². The molecule has 1 atom stereocenters. The van der Waals surface area contributed by atoms with Gasteiger partial charge in [-0.3, -0.25) is 0 Å². The number of nitrogens with zero attached hydrogens (tertiary/aromatic N) is 2. The zero-order valence-corrected chi connectivity index (χ0v) is 12.2. The highest BCUT2D eigenvalue weighted by Gasteiger charge is 2.14. The fraction of sp³-hybridized carbons (Fsp3) is 0.462. The van der Waals surface area contributed by atoms with Crippen LogP contribution in [0.15, 0.2) is 16.6 Å². The van der Waals surface area contributed by atoms with Crippen LogP contribution in [0.4, 0.5) is 5.69 Å². The number of nitriles is 1. The Morgan fingerprint density at radius 3 is 2.56 bits per heavy atom. The van der Waals surface area contributed by atoms with Crippen molar-refractivity contribution in [2.24, 2.45) is 0 Å². The third-order valence-electron chi connectivity index (χ3n) is 2.98. The van der Waals surface area contributed by atoms with E-state index < -0.39 is 6.10 Å². The van der Waals surface area contributed by atoms with Gasteiger partial charge in [0.15, 0.2) is 0 Å². The largest absolute Gasteiger partial charge is 0.397 e. The van der Waals surface area contributed by atoms with Gasteiger partial charge in [0.05, 0.1) is 17.4 Å². The number of hydrogen-bond donors (Lipinski definition) is 2. The third-order valence-corrected chi connectivity index (χ3v) is 3.64. The lowest BCUT2D eigenvalue weighted by atomic mass is 10.0. The Kier molecular flexibility index (Phi) is 5.60. The first-order valence-electron chi connectivity index (χ1n) is 5.92. The molecular weight excluding hydrogens is 294 g/mol. The van der Waals surface area contributed by atoms with E-state index in [0.29, 0.717) is 27.8 Å². The SMILES string of the molecule is CCN(CC)CC(O)c1cc(Br)c(N)c(C#N)c1. The number of nitrogen functional groups attached to an aromatic ring is 1. The van der Waals surface area contributed by atoms with Gasteiger partial charge in [0.25, 0.3) is 0 Å². The number of aliphatic hydroxyl groups is 1. The van der Waals surface area contributed by atoms with Gasteiger partial charge < -0.3 is 15.7 Å². The lowest BCUT2D eigenvalue weighted by Gasteiger charge is -2.22. The molecule has 0 aliphatic heterocycles. The Bertz CT molecular complexity index is 452. The van der Waals surface area contributed by atoms with Crippen molar-refractivity contribution in [2.45, 2.75) is 20.0 Å². The van der Waals surface area contributed by atoms with Gasteiger partial charge in [-0.05, 0) is 46.7 Å². The Hall–Kier alpha value is -1.09. The predicted octanol–water partition coefficient (Wildman–Crippen LogP) is 2.28. The first kappa shape index (κ1) is 15.0. The van der Waals surface area contributed by atoms with Gasteiger partial charge in [0.1, 0.15) is 6.07 Å². The number of nitrogens with two attached hydrogens (primary N) is 1. The molecule has 0 fully saturated rings. The first-order valence-corrected chi connectivity index (χ1v) is 6.72. The van der Waals surface area contributed by atoms with E-state index in [9.17, 15) is 5.11 Å². The second-order valence-corrected chi connectivity index (χ2v) is 4.93. The van der Waals surface area contributed by atoms with Gasteiger partial charge in [-0.1, -0.05) is 13.8 Å². The Morgan fingerprint density at radius 1 is 1.44 bits per heavy atom. The molecule has 0 aromatic heterocycles. The topological polar surface area (TPSA) is 73.3 Å². The van der Waals surface area contributed by atoms with Gasteiger partial charge >= 0.3 is 0 Å². The zero-order chi connectivity index (χ0) is 13.7. The summed E-state index contributed by atoms with van der Waals surface area (Å²) in [6.07, 6.45) is -0.617. The number of benzene rings is 1. The average molecular weight is 312 g/mol. The van der Waals surface area contributed by atoms with Crippen LogP contribution in [-0.4, -0.2) is 29.6 Å². The molecule has 0 saturated carbocycles. The lowest BCUT2D eigenvalue weighted by molar-refractivity contribution is 0.119. The highest BCUT2D eigenvalue weighted by Crippen LogP contribution is 2.28. The van der Waals surface area contributed by atoms with Crippen LogP contribution in [0, 0.1) is 11.3 Å². The second kappa shape index (κ2) is 6.74. The summed E-state index contributed by atoms with van der Waals surface area (Å²) in [5, 5.41) is 19.2. The fourth-order valence-corrected chi connectivity index (χ4v) is 2.23. The van der Waals surface area contributed by atoms with E-state index in [2.05, 4.69) is 34.7 Å². The zero-order valence-electron chi connectivity index (χ0n) is 10.7. The van der Waals surface area contributed by atoms with Crippen molar-refractivity contribution < 1.29 is 5.11 Å². The Labute approximate surface area is 116 Å². The molecule has 0 aliphatic rings. The van der Waals surface area contributed by atoms with Gasteiger partial charge in [-0.25, -0.2) is 0 Å². The predicted molar refractivity (Wildman–Crippen MR) is 76.0 cm³/mol. The average Bonchev–Trinajstić information content (AvgIpc) is 2.38. The molecule has 0 heterocycles. The molecule has 0 amide bonds. The lowest BCUT2D eigenvalue weighted by Crippen LogP contribution is -2.28. The normalized spacial score (nSPS) is 12.4. The Balaban J connectivity index is 2.96. The summed E-state index contributed by atoms with van der Waals surface area (Å²) in [6.45, 7) is 6.42. The van der Waals surface area contributed by atoms with Crippen molar-refractivity contribution in [3.05, 3.63) is 27.7 Å². The van der Waals surface area contributed by atoms with Gasteiger partial charge in [-0.15, -0.1) is 0 Å². The summed E-state index contributed by atoms with van der Waals surface area (Å²) in [5.41, 5.74) is 7.26. The Morgan fingerprint density at radius 2 is 2.06 bits per heavy atom. The molecule has 0 saturated heterocycles. The van der Waals surface area contributed by atoms with Crippen LogP contribution in [0.5, 0.6) is 0 Å². The number of likely N-dealkylation sites (N-methyl/N-ethyl adjacent to an activating group) is 1. The van der Waals surface area contributed by atoms with E-state index in [1.807, 2.05) is 6.07 Å². The van der Waals surface area contributed by atoms with Crippen LogP contribution in [-0.2, 0) is 0 Å². The molecule has 0 spiro atoms. The van der Waals surface area contributed by atoms with E-state index in [4.69, 9.17) is 11.0 Å². The molecule has 98 valence electrons. The molecule has 3 N–H and O–H groups in total. The smallest absolute Gasteiger partial charge is 0.101 e. The minimum atomic E-state index is -0.617. The maximum Gasteiger partial charge on any atom is 0.101 e. The van der Waals surface area contributed by atoms with Crippen molar-refractivity contribution in [1.29, 1.82) is 5.26 Å². The second-order valence-electron chi connectivity index (χ2n) is 4.08. The minimum absolute atomic E-state index is 0.387. The minimum Gasteiger partial charge on any atom is -0.397 e. The molecule has 18 heavy (non-hydrogen) atoms. The molecule has 5 heteroatoms. The van der Waals surface area contributed by atoms with Crippen LogP contribution < -0.4 is 5.73 Å². The molecule has 0 radical (unpaired) electrons. The highest BCUT2D eigenvalue weighted by molar-refractivity contribution is 9.10. The van der Waals surface area contributed by atoms with E-state index in [1.165, 1.54) is 0 Å². The fourth-order valence-electron chi connectivity index (χ4n) is 1.76. The molecule has 4 nitrogen and oxygen atoms in total. The quantitative estimate of drug-likeness (QED) is 0.818. The molecule has 1 aromatic rings. The summed E-state index contributed by atoms with van der Waals surface area (Å²) in [4.78, 5) is 2.13. The monoisotopic (exact) mass is 311 g/mol. The van der Waals surface area contributed by atoms with E-state index >= 15 is 0 Å². The van der Waals surface area contributed by atoms with Crippen LogP contribution in [0.2, 0.25) is 0 Å². The van der Waals surface area contributed by atoms with Gasteiger partial charge in [0.2, 0.25) is 0 Å². The summed E-state index contributed by atoms with van der Waals surface area (Å²) < 4.78 is 0.648. The van der Waals surface area contributed by atoms with E-state index in [-0.39, 0.29) is 0 Å². The van der Waals surface area contributed by atoms with Crippen LogP contribution in [0.1, 0.15) is 31.1 Å². The van der Waals surface area contributed by atoms with Crippen LogP contribution in [0.3, 0.4) is 0 Å².